The number of nitrogens with one attached hydrogen (secondary N) is 2. The van der Waals surface area contributed by atoms with Gasteiger partial charge in [0.05, 0.1) is 108 Å². The van der Waals surface area contributed by atoms with E-state index in [4.69, 9.17) is 9.98 Å². The number of imide groups is 2. The molecule has 22 nitrogen and oxygen atoms in total. The van der Waals surface area contributed by atoms with Crippen LogP contribution in [0.25, 0.3) is 119 Å². The van der Waals surface area contributed by atoms with Gasteiger partial charge in [-0.1, -0.05) is 307 Å². The van der Waals surface area contributed by atoms with Gasteiger partial charge in [0.1, 0.15) is 0 Å². The van der Waals surface area contributed by atoms with E-state index in [-0.39, 0.29) is 51.3 Å². The molecule has 4 aliphatic rings. The summed E-state index contributed by atoms with van der Waals surface area (Å²) in [7, 11) is 0. The molecule has 18 rings (SSSR count). The van der Waals surface area contributed by atoms with Crippen LogP contribution in [0.3, 0.4) is 0 Å². The molecule has 0 bridgehead atoms. The molecule has 0 fully saturated rings. The van der Waals surface area contributed by atoms with Gasteiger partial charge in [0.2, 0.25) is 11.8 Å². The molecule has 142 heavy (non-hydrogen) atoms. The standard InChI is InChI=1S/C42H46Br2N4O4.C42H44N4O4.C30H34Br4N2O4/c1-3-5-7-9-11-19-25-47-39(49)31-29-30-33(37(35(31)43)45-27-21-15-13-16-22-27)41(51)48(26-20-12-10-8-6-4-2)42(52)34(30)38(36(44)32(29)40(47)50)46-28-23-17-14-18-24-28;1-3-5-7-9-11-17-23-45-39(47)33-29-25-19-13-15-21-27(25)43-37(29)35-32-31(33)34(40(45)48)30-26-20-14-16-22-28(26)44-38(30)36(32)42(50)46(41(35)49)24-18-12-10-8-6-4-2;1-3-5-7-9-11-13-15-35-27(37)19-17-18-21(25(33)23(19)31)29(39)36(16-14-12-10-8-6-4-2)30(40)22(18)26(34)24(32)20(17)28(35)38/h13-18,21-24,45,51H,3-12,19-20,25-26H2,1-2H3;13-16,19-22,43,50H,3-12,17-18,23-24H2,1-2H3;3-16H2,1-2H3. The second-order valence-electron chi connectivity index (χ2n) is 38.3. The lowest BCUT2D eigenvalue weighted by atomic mass is 9.85. The summed E-state index contributed by atoms with van der Waals surface area (Å²) in [5.41, 5.74) is 3.74. The molecule has 3 aliphatic heterocycles. The molecular formula is C114H124Br6N10O12. The lowest BCUT2D eigenvalue weighted by Gasteiger charge is -2.34. The van der Waals surface area contributed by atoms with Crippen molar-refractivity contribution in [3.05, 3.63) is 226 Å². The molecule has 9 aromatic carbocycles. The highest BCUT2D eigenvalue weighted by Gasteiger charge is 2.46. The third-order valence-corrected chi connectivity index (χ3v) is 34.5. The molecule has 0 unspecified atom stereocenters. The number of aromatic amines is 1. The first-order chi connectivity index (χ1) is 68.9. The van der Waals surface area contributed by atoms with Crippen LogP contribution in [0.15, 0.2) is 170 Å². The summed E-state index contributed by atoms with van der Waals surface area (Å²) in [6.07, 6.45) is 36.9. The molecular weight excluding hydrogens is 2180 g/mol. The Bertz CT molecular complexity index is 7660. The third kappa shape index (κ3) is 20.1. The number of unbranched alkanes of at least 4 members (excludes halogenated alkanes) is 30. The monoisotopic (exact) mass is 2300 g/mol. The third-order valence-electron chi connectivity index (χ3n) is 28.7. The molecule has 0 spiro atoms. The number of H-pyrrole nitrogens is 1. The highest BCUT2D eigenvalue weighted by atomic mass is 79.9. The lowest BCUT2D eigenvalue weighted by Crippen LogP contribution is -2.44. The summed E-state index contributed by atoms with van der Waals surface area (Å²) in [4.78, 5) is 159. The second-order valence-corrected chi connectivity index (χ2v) is 43.0. The molecule has 14 aromatic rings. The number of rotatable bonds is 45. The molecule has 744 valence electrons. The predicted molar refractivity (Wildman–Crippen MR) is 599 cm³/mol. The average molecular weight is 2310 g/mol. The van der Waals surface area contributed by atoms with Gasteiger partial charge in [0.15, 0.2) is 0 Å². The van der Waals surface area contributed by atoms with Crippen LogP contribution in [0.5, 0.6) is 11.8 Å². The van der Waals surface area contributed by atoms with Crippen molar-refractivity contribution in [2.75, 3.05) is 18.4 Å². The van der Waals surface area contributed by atoms with Crippen molar-refractivity contribution in [2.45, 2.75) is 299 Å². The van der Waals surface area contributed by atoms with Crippen LogP contribution in [-0.4, -0.2) is 85.0 Å². The van der Waals surface area contributed by atoms with Crippen molar-refractivity contribution in [3.63, 3.8) is 0 Å². The molecule has 8 heterocycles. The van der Waals surface area contributed by atoms with Crippen LogP contribution in [0.4, 0.5) is 17.1 Å². The van der Waals surface area contributed by atoms with Gasteiger partial charge in [-0.15, -0.1) is 0 Å². The lowest BCUT2D eigenvalue weighted by molar-refractivity contribution is 0.0584. The van der Waals surface area contributed by atoms with Gasteiger partial charge in [-0.2, -0.15) is 0 Å². The number of para-hydroxylation sites is 4. The zero-order chi connectivity index (χ0) is 100. The quantitative estimate of drug-likeness (QED) is 0.0157. The van der Waals surface area contributed by atoms with Crippen LogP contribution in [-0.2, 0) is 26.2 Å². The summed E-state index contributed by atoms with van der Waals surface area (Å²) in [5, 5.41) is 35.3. The zero-order valence-electron chi connectivity index (χ0n) is 81.9. The van der Waals surface area contributed by atoms with Gasteiger partial charge in [-0.25, -0.2) is 9.98 Å². The Kier molecular flexibility index (Phi) is 34.9. The molecule has 4 N–H and O–H groups in total. The normalized spacial score (nSPS) is 13.0. The number of carbonyl (C=O) groups is 4. The summed E-state index contributed by atoms with van der Waals surface area (Å²) >= 11 is 21.8. The van der Waals surface area contributed by atoms with Crippen molar-refractivity contribution in [3.8, 4) is 22.9 Å². The number of hydrogen-bond acceptors (Lipinski definition) is 15. The zero-order valence-corrected chi connectivity index (χ0v) is 91.4. The van der Waals surface area contributed by atoms with E-state index < -0.39 is 40.3 Å². The van der Waals surface area contributed by atoms with E-state index in [1.807, 2.05) is 109 Å². The topological polar surface area (TPSA) is 290 Å². The Hall–Kier alpha value is -10.1. The minimum Gasteiger partial charge on any atom is -0.494 e. The van der Waals surface area contributed by atoms with Gasteiger partial charge in [0, 0.05) is 122 Å². The Morgan fingerprint density at radius 2 is 0.655 bits per heavy atom. The largest absolute Gasteiger partial charge is 0.494 e. The molecule has 0 radical (unpaired) electrons. The van der Waals surface area contributed by atoms with E-state index in [0.29, 0.717) is 198 Å². The highest BCUT2D eigenvalue weighted by Crippen LogP contribution is 2.54. The van der Waals surface area contributed by atoms with E-state index in [0.717, 1.165) is 215 Å². The molecule has 0 atom stereocenters. The molecule has 0 saturated heterocycles. The van der Waals surface area contributed by atoms with Gasteiger partial charge < -0.3 is 20.5 Å². The number of nitrogens with zero attached hydrogens (tertiary/aromatic N) is 8. The minimum atomic E-state index is -0.447. The summed E-state index contributed by atoms with van der Waals surface area (Å²) in [6.45, 7) is 14.9. The Balaban J connectivity index is 0.000000155. The fourth-order valence-electron chi connectivity index (χ4n) is 21.4. The maximum Gasteiger partial charge on any atom is 0.263 e. The summed E-state index contributed by atoms with van der Waals surface area (Å²) < 4.78 is 8.10. The van der Waals surface area contributed by atoms with Gasteiger partial charge in [0.25, 0.3) is 57.0 Å². The number of hydrogen-bond donors (Lipinski definition) is 4. The average Bonchev–Trinajstić information content (AvgIpc) is 1.34. The Labute approximate surface area is 875 Å². The van der Waals surface area contributed by atoms with Crippen LogP contribution in [0.1, 0.15) is 314 Å². The Morgan fingerprint density at radius 1 is 0.296 bits per heavy atom. The van der Waals surface area contributed by atoms with Crippen molar-refractivity contribution in [2.24, 2.45) is 4.99 Å². The smallest absolute Gasteiger partial charge is 0.263 e. The maximum atomic E-state index is 14.8. The van der Waals surface area contributed by atoms with Gasteiger partial charge >= 0.3 is 0 Å². The van der Waals surface area contributed by atoms with E-state index in [2.05, 4.69) is 147 Å². The number of aromatic nitrogens is 6. The number of benzene rings is 10. The van der Waals surface area contributed by atoms with E-state index in [9.17, 15) is 58.2 Å². The first-order valence-corrected chi connectivity index (χ1v) is 56.3. The highest BCUT2D eigenvalue weighted by molar-refractivity contribution is 9.13. The van der Waals surface area contributed by atoms with Crippen LogP contribution in [0.2, 0.25) is 0 Å². The summed E-state index contributed by atoms with van der Waals surface area (Å²) in [6, 6.07) is 34.3. The van der Waals surface area contributed by atoms with Gasteiger partial charge in [-0.3, -0.25) is 76.0 Å². The molecule has 1 aliphatic carbocycles. The fourth-order valence-corrected chi connectivity index (χ4v) is 25.0. The van der Waals surface area contributed by atoms with Crippen LogP contribution in [0, 0.1) is 0 Å². The van der Waals surface area contributed by atoms with Crippen LogP contribution >= 0.6 is 95.6 Å². The molecule has 4 amide bonds. The van der Waals surface area contributed by atoms with Gasteiger partial charge in [-0.05, 0) is 171 Å². The van der Waals surface area contributed by atoms with E-state index in [1.165, 1.54) is 53.8 Å². The summed E-state index contributed by atoms with van der Waals surface area (Å²) in [5.74, 6) is -2.05. The molecule has 28 heteroatoms. The number of pyridine rings is 4. The van der Waals surface area contributed by atoms with Crippen molar-refractivity contribution < 1.29 is 29.4 Å². The minimum absolute atomic E-state index is 0.161. The number of halogens is 6. The molecule has 0 saturated carbocycles. The fraction of sp³-hybridized carbons (Fsp3) is 0.421. The first kappa shape index (κ1) is 105. The number of anilines is 2. The van der Waals surface area contributed by atoms with Crippen molar-refractivity contribution in [1.29, 1.82) is 0 Å². The van der Waals surface area contributed by atoms with Crippen LogP contribution < -0.4 is 44.0 Å². The van der Waals surface area contributed by atoms with Crippen molar-refractivity contribution >= 4 is 245 Å². The second kappa shape index (κ2) is 47.4. The number of amides is 4. The van der Waals surface area contributed by atoms with E-state index >= 15 is 0 Å². The maximum absolute atomic E-state index is 14.8. The molecule has 5 aromatic heterocycles. The first-order valence-electron chi connectivity index (χ1n) is 51.6. The SMILES string of the molecule is CCCCCCCCN1C(=O)c2c(Br)c(Br)c3c4c(c(Br)c(Br)c(c24)C1=O)C(=O)N(CCCCCCCC)C3=O.CCCCCCCCn1c(O)c2c(Nc3ccccc3)c(Br)c3c4c2c(c(=Nc2ccccc2)c(Br)c-4c(=O)n(CCCCCCCC)c3=O)c1=O.CCCCCCCCn1c(O)c2c3nc4ccccc4c3c3c(=O)n(CCCCCCCC)c(=O)c4c5c6ccccc6[nH]c5c(c1=O)c2c34. The number of fused-ring (bicyclic) bond motifs is 10. The number of carbonyl (C=O) groups excluding carboxylic acids is 4. The number of aromatic hydroxyl groups is 2. The predicted octanol–water partition coefficient (Wildman–Crippen LogP) is 29.9. The van der Waals surface area contributed by atoms with Crippen molar-refractivity contribution in [1.82, 2.24) is 38.0 Å². The Morgan fingerprint density at radius 3 is 1.12 bits per heavy atom. The van der Waals surface area contributed by atoms with E-state index in [1.54, 1.807) is 0 Å².